The van der Waals surface area contributed by atoms with E-state index in [0.29, 0.717) is 5.56 Å². The standard InChI is InChI=1S/C33H43N7O11/c1-22(41)37-27(19-23-7-9-25(42)10-8-23)33(48)38-26(11-12-30(45)51-21-24-5-3-2-4-6-24)32(47)39-28(20-29(43)44)31(46)35-13-15-49-17-18-50-16-14-36-40-34/h2-10,26-28,42H,11-21H2,1H3,(H,35,46)(H,37,41)(H,38,48)(H,39,47)(H,43,44)/t26-,27-,28-/m0/s1. The fourth-order valence-corrected chi connectivity index (χ4v) is 4.43. The number of nitrogens with one attached hydrogen (secondary N) is 4. The number of rotatable bonds is 24. The van der Waals surface area contributed by atoms with E-state index in [0.717, 1.165) is 5.56 Å². The van der Waals surface area contributed by atoms with Crippen molar-refractivity contribution in [1.29, 1.82) is 0 Å². The highest BCUT2D eigenvalue weighted by Gasteiger charge is 2.31. The molecular weight excluding hydrogens is 670 g/mol. The van der Waals surface area contributed by atoms with Crippen LogP contribution in [0.25, 0.3) is 10.4 Å². The molecule has 0 aliphatic rings. The topological polar surface area (TPSA) is 267 Å². The number of benzene rings is 2. The van der Waals surface area contributed by atoms with Crippen molar-refractivity contribution in [3.8, 4) is 5.75 Å². The van der Waals surface area contributed by atoms with Crippen LogP contribution in [-0.2, 0) is 56.0 Å². The van der Waals surface area contributed by atoms with Gasteiger partial charge in [-0.3, -0.25) is 28.8 Å². The van der Waals surface area contributed by atoms with E-state index in [9.17, 15) is 39.0 Å². The first-order valence-corrected chi connectivity index (χ1v) is 16.0. The Morgan fingerprint density at radius 2 is 1.45 bits per heavy atom. The molecule has 3 atom stereocenters. The van der Waals surface area contributed by atoms with E-state index in [4.69, 9.17) is 19.7 Å². The summed E-state index contributed by atoms with van der Waals surface area (Å²) in [7, 11) is 0. The van der Waals surface area contributed by atoms with Gasteiger partial charge < -0.3 is 45.7 Å². The van der Waals surface area contributed by atoms with Crippen molar-refractivity contribution in [3.05, 3.63) is 76.2 Å². The first-order chi connectivity index (χ1) is 24.5. The van der Waals surface area contributed by atoms with E-state index in [1.807, 2.05) is 0 Å². The number of aliphatic carboxylic acids is 1. The lowest BCUT2D eigenvalue weighted by molar-refractivity contribution is -0.145. The summed E-state index contributed by atoms with van der Waals surface area (Å²) >= 11 is 0. The second kappa shape index (κ2) is 23.6. The maximum absolute atomic E-state index is 13.5. The largest absolute Gasteiger partial charge is 0.508 e. The van der Waals surface area contributed by atoms with Gasteiger partial charge in [-0.2, -0.15) is 0 Å². The average molecular weight is 714 g/mol. The fourth-order valence-electron chi connectivity index (χ4n) is 4.43. The molecule has 6 N–H and O–H groups in total. The second-order valence-electron chi connectivity index (χ2n) is 11.0. The lowest BCUT2D eigenvalue weighted by atomic mass is 10.0. The molecule has 0 aromatic heterocycles. The minimum absolute atomic E-state index is 0.00683. The molecule has 0 radical (unpaired) electrons. The first-order valence-electron chi connectivity index (χ1n) is 16.0. The van der Waals surface area contributed by atoms with Crippen LogP contribution in [0.5, 0.6) is 5.75 Å². The molecule has 4 amide bonds. The molecule has 0 heterocycles. The maximum Gasteiger partial charge on any atom is 0.306 e. The van der Waals surface area contributed by atoms with Crippen LogP contribution in [-0.4, -0.2) is 103 Å². The van der Waals surface area contributed by atoms with E-state index in [2.05, 4.69) is 31.3 Å². The Bertz CT molecular complexity index is 1490. The average Bonchev–Trinajstić information content (AvgIpc) is 3.10. The normalized spacial score (nSPS) is 12.3. The first kappa shape index (κ1) is 41.5. The predicted molar refractivity (Wildman–Crippen MR) is 180 cm³/mol. The van der Waals surface area contributed by atoms with Gasteiger partial charge in [-0.05, 0) is 35.2 Å². The summed E-state index contributed by atoms with van der Waals surface area (Å²) in [6.07, 6.45) is -1.45. The molecule has 0 bridgehead atoms. The van der Waals surface area contributed by atoms with Gasteiger partial charge in [0.25, 0.3) is 0 Å². The number of carbonyl (C=O) groups excluding carboxylic acids is 5. The monoisotopic (exact) mass is 713 g/mol. The molecule has 0 aliphatic carbocycles. The zero-order chi connectivity index (χ0) is 37.4. The second-order valence-corrected chi connectivity index (χ2v) is 11.0. The van der Waals surface area contributed by atoms with Gasteiger partial charge in [0.15, 0.2) is 0 Å². The smallest absolute Gasteiger partial charge is 0.306 e. The molecule has 276 valence electrons. The molecule has 2 aromatic rings. The zero-order valence-corrected chi connectivity index (χ0v) is 28.1. The van der Waals surface area contributed by atoms with Crippen molar-refractivity contribution in [2.45, 2.75) is 57.3 Å². The summed E-state index contributed by atoms with van der Waals surface area (Å²) in [5, 5.41) is 32.2. The van der Waals surface area contributed by atoms with Gasteiger partial charge in [0.2, 0.25) is 23.6 Å². The zero-order valence-electron chi connectivity index (χ0n) is 28.1. The van der Waals surface area contributed by atoms with Crippen LogP contribution < -0.4 is 21.3 Å². The van der Waals surface area contributed by atoms with Crippen LogP contribution in [0.15, 0.2) is 59.7 Å². The van der Waals surface area contributed by atoms with E-state index in [1.165, 1.54) is 19.1 Å². The molecule has 0 unspecified atom stereocenters. The van der Waals surface area contributed by atoms with Gasteiger partial charge in [-0.1, -0.05) is 47.6 Å². The van der Waals surface area contributed by atoms with Crippen molar-refractivity contribution >= 4 is 35.6 Å². The van der Waals surface area contributed by atoms with E-state index in [1.54, 1.807) is 42.5 Å². The quantitative estimate of drug-likeness (QED) is 0.0292. The van der Waals surface area contributed by atoms with Gasteiger partial charge in [0, 0.05) is 37.8 Å². The molecule has 2 aromatic carbocycles. The van der Waals surface area contributed by atoms with E-state index >= 15 is 0 Å². The Labute approximate surface area is 293 Å². The molecular formula is C33H43N7O11. The molecule has 0 saturated heterocycles. The molecule has 18 nitrogen and oxygen atoms in total. The van der Waals surface area contributed by atoms with Crippen molar-refractivity contribution in [2.75, 3.05) is 39.5 Å². The van der Waals surface area contributed by atoms with Crippen molar-refractivity contribution < 1.29 is 53.2 Å². The number of phenols is 1. The Kier molecular flexibility index (Phi) is 19.2. The summed E-state index contributed by atoms with van der Waals surface area (Å²) in [6, 6.07) is 10.6. The number of ether oxygens (including phenoxy) is 3. The number of azide groups is 1. The number of nitrogens with zero attached hydrogens (tertiary/aromatic N) is 3. The van der Waals surface area contributed by atoms with Gasteiger partial charge in [0.1, 0.15) is 30.5 Å². The minimum Gasteiger partial charge on any atom is -0.508 e. The van der Waals surface area contributed by atoms with Gasteiger partial charge in [0.05, 0.1) is 32.8 Å². The predicted octanol–water partition coefficient (Wildman–Crippen LogP) is 0.867. The number of esters is 1. The number of aromatic hydroxyl groups is 1. The highest BCUT2D eigenvalue weighted by molar-refractivity contribution is 5.95. The van der Waals surface area contributed by atoms with Crippen molar-refractivity contribution in [3.63, 3.8) is 0 Å². The Morgan fingerprint density at radius 3 is 2.10 bits per heavy atom. The van der Waals surface area contributed by atoms with Gasteiger partial charge in [-0.15, -0.1) is 0 Å². The SMILES string of the molecule is CC(=O)N[C@@H](Cc1ccc(O)cc1)C(=O)N[C@@H](CCC(=O)OCc1ccccc1)C(=O)N[C@@H](CC(=O)O)C(=O)NCCOCCOCCN=[N+]=[N-]. The molecule has 18 heteroatoms. The van der Waals surface area contributed by atoms with E-state index < -0.39 is 60.1 Å². The summed E-state index contributed by atoms with van der Waals surface area (Å²) in [5.41, 5.74) is 9.54. The Hall–Kier alpha value is -5.71. The van der Waals surface area contributed by atoms with Crippen LogP contribution in [0.2, 0.25) is 0 Å². The minimum atomic E-state index is -1.56. The Balaban J connectivity index is 2.10. The lowest BCUT2D eigenvalue weighted by Crippen LogP contribution is -2.57. The van der Waals surface area contributed by atoms with Crippen LogP contribution in [0.1, 0.15) is 37.3 Å². The molecule has 0 fully saturated rings. The third-order valence-corrected chi connectivity index (χ3v) is 6.91. The van der Waals surface area contributed by atoms with Crippen LogP contribution >= 0.6 is 0 Å². The number of carboxylic acid groups (broad SMARTS) is 1. The van der Waals surface area contributed by atoms with Gasteiger partial charge >= 0.3 is 11.9 Å². The molecule has 2 rings (SSSR count). The van der Waals surface area contributed by atoms with Crippen LogP contribution in [0, 0.1) is 0 Å². The number of carboxylic acids is 1. The lowest BCUT2D eigenvalue weighted by Gasteiger charge is -2.25. The van der Waals surface area contributed by atoms with Crippen molar-refractivity contribution in [2.24, 2.45) is 5.11 Å². The van der Waals surface area contributed by atoms with Crippen LogP contribution in [0.3, 0.4) is 0 Å². The summed E-state index contributed by atoms with van der Waals surface area (Å²) < 4.78 is 15.8. The third-order valence-electron chi connectivity index (χ3n) is 6.91. The molecule has 51 heavy (non-hydrogen) atoms. The molecule has 0 aliphatic heterocycles. The third kappa shape index (κ3) is 18.0. The number of hydrogen-bond donors (Lipinski definition) is 6. The highest BCUT2D eigenvalue weighted by atomic mass is 16.5. The number of amides is 4. The highest BCUT2D eigenvalue weighted by Crippen LogP contribution is 2.12. The van der Waals surface area contributed by atoms with E-state index in [-0.39, 0.29) is 71.1 Å². The van der Waals surface area contributed by atoms with Crippen molar-refractivity contribution in [1.82, 2.24) is 21.3 Å². The fraction of sp³-hybridized carbons (Fsp3) is 0.455. The number of carbonyl (C=O) groups is 6. The summed E-state index contributed by atoms with van der Waals surface area (Å²) in [6.45, 7) is 1.92. The molecule has 0 saturated carbocycles. The number of hydrogen-bond acceptors (Lipinski definition) is 11. The number of phenolic OH excluding ortho intramolecular Hbond substituents is 1. The van der Waals surface area contributed by atoms with Crippen LogP contribution in [0.4, 0.5) is 0 Å². The van der Waals surface area contributed by atoms with Gasteiger partial charge in [-0.25, -0.2) is 0 Å². The molecule has 0 spiro atoms. The summed E-state index contributed by atoms with van der Waals surface area (Å²) in [4.78, 5) is 78.6. The summed E-state index contributed by atoms with van der Waals surface area (Å²) in [5.74, 6) is -5.22. The maximum atomic E-state index is 13.5. The Morgan fingerprint density at radius 1 is 0.804 bits per heavy atom.